The second-order valence-corrected chi connectivity index (χ2v) is 7.90. The number of likely N-dealkylation sites (tertiary alicyclic amines) is 1. The van der Waals surface area contributed by atoms with Crippen LogP contribution in [0.1, 0.15) is 24.1 Å². The standard InChI is InChI=1S/C21H25ClN6O/c1-15-19(20(22)26(2)25-15)14-27-10-4-6-16(13-27)21(29)24-17-7-3-8-18(12-17)28-11-5-9-23-28/h3,5,7-9,11-12,16H,4,6,10,13-14H2,1-2H3,(H,24,29)/t16-/m1/s1. The molecule has 8 heteroatoms. The molecule has 2 aromatic heterocycles. The van der Waals surface area contributed by atoms with Gasteiger partial charge in [0.15, 0.2) is 0 Å². The van der Waals surface area contributed by atoms with Crippen LogP contribution in [0.5, 0.6) is 0 Å². The normalized spacial score (nSPS) is 17.4. The molecule has 0 spiro atoms. The van der Waals surface area contributed by atoms with Crippen molar-refractivity contribution in [2.45, 2.75) is 26.3 Å². The monoisotopic (exact) mass is 412 g/mol. The Kier molecular flexibility index (Phi) is 5.69. The van der Waals surface area contributed by atoms with Gasteiger partial charge in [-0.25, -0.2) is 4.68 Å². The zero-order chi connectivity index (χ0) is 20.4. The van der Waals surface area contributed by atoms with Crippen molar-refractivity contribution < 1.29 is 4.79 Å². The highest BCUT2D eigenvalue weighted by molar-refractivity contribution is 6.30. The van der Waals surface area contributed by atoms with Gasteiger partial charge in [0.1, 0.15) is 5.15 Å². The summed E-state index contributed by atoms with van der Waals surface area (Å²) in [5, 5.41) is 12.4. The van der Waals surface area contributed by atoms with Gasteiger partial charge in [0.2, 0.25) is 5.91 Å². The van der Waals surface area contributed by atoms with Crippen LogP contribution < -0.4 is 5.32 Å². The summed E-state index contributed by atoms with van der Waals surface area (Å²) in [5.41, 5.74) is 3.69. The van der Waals surface area contributed by atoms with E-state index in [9.17, 15) is 4.79 Å². The molecule has 1 aliphatic rings. The van der Waals surface area contributed by atoms with E-state index in [0.717, 1.165) is 55.1 Å². The molecule has 152 valence electrons. The zero-order valence-electron chi connectivity index (χ0n) is 16.7. The van der Waals surface area contributed by atoms with Crippen LogP contribution in [0.15, 0.2) is 42.7 Å². The van der Waals surface area contributed by atoms with Crippen molar-refractivity contribution >= 4 is 23.2 Å². The lowest BCUT2D eigenvalue weighted by Crippen LogP contribution is -2.40. The van der Waals surface area contributed by atoms with Crippen LogP contribution >= 0.6 is 11.6 Å². The predicted molar refractivity (Wildman–Crippen MR) is 113 cm³/mol. The molecule has 1 aliphatic heterocycles. The third-order valence-corrected chi connectivity index (χ3v) is 5.88. The number of nitrogens with zero attached hydrogens (tertiary/aromatic N) is 5. The molecule has 0 bridgehead atoms. The highest BCUT2D eigenvalue weighted by Crippen LogP contribution is 2.25. The topological polar surface area (TPSA) is 68.0 Å². The number of aryl methyl sites for hydroxylation is 2. The molecule has 0 aliphatic carbocycles. The van der Waals surface area contributed by atoms with Crippen LogP contribution in [0.3, 0.4) is 0 Å². The van der Waals surface area contributed by atoms with E-state index < -0.39 is 0 Å². The molecular weight excluding hydrogens is 388 g/mol. The van der Waals surface area contributed by atoms with Gasteiger partial charge in [0, 0.05) is 43.8 Å². The molecular formula is C21H25ClN6O. The number of piperidine rings is 1. The molecule has 1 aromatic carbocycles. The summed E-state index contributed by atoms with van der Waals surface area (Å²) >= 11 is 6.38. The molecule has 7 nitrogen and oxygen atoms in total. The first-order valence-corrected chi connectivity index (χ1v) is 10.2. The van der Waals surface area contributed by atoms with Crippen molar-refractivity contribution in [2.75, 3.05) is 18.4 Å². The van der Waals surface area contributed by atoms with E-state index in [1.807, 2.05) is 50.5 Å². The summed E-state index contributed by atoms with van der Waals surface area (Å²) in [6.45, 7) is 4.37. The number of benzene rings is 1. The summed E-state index contributed by atoms with van der Waals surface area (Å²) in [6, 6.07) is 9.60. The van der Waals surface area contributed by atoms with Crippen LogP contribution in [0.4, 0.5) is 5.69 Å². The number of hydrogen-bond donors (Lipinski definition) is 1. The fourth-order valence-corrected chi connectivity index (χ4v) is 4.12. The van der Waals surface area contributed by atoms with Gasteiger partial charge < -0.3 is 5.32 Å². The molecule has 1 amide bonds. The number of hydrogen-bond acceptors (Lipinski definition) is 4. The number of amides is 1. The van der Waals surface area contributed by atoms with Gasteiger partial charge in [-0.2, -0.15) is 10.2 Å². The maximum Gasteiger partial charge on any atom is 0.228 e. The van der Waals surface area contributed by atoms with Crippen LogP contribution in [0.2, 0.25) is 5.15 Å². The van der Waals surface area contributed by atoms with E-state index in [2.05, 4.69) is 20.4 Å². The quantitative estimate of drug-likeness (QED) is 0.697. The molecule has 1 N–H and O–H groups in total. The highest BCUT2D eigenvalue weighted by Gasteiger charge is 2.27. The van der Waals surface area contributed by atoms with Gasteiger partial charge in [-0.3, -0.25) is 14.4 Å². The lowest BCUT2D eigenvalue weighted by Gasteiger charge is -2.32. The summed E-state index contributed by atoms with van der Waals surface area (Å²) in [6.07, 6.45) is 5.49. The second-order valence-electron chi connectivity index (χ2n) is 7.54. The molecule has 0 unspecified atom stereocenters. The van der Waals surface area contributed by atoms with Gasteiger partial charge in [-0.05, 0) is 50.6 Å². The Bertz CT molecular complexity index is 997. The van der Waals surface area contributed by atoms with Crippen molar-refractivity contribution in [3.8, 4) is 5.69 Å². The third kappa shape index (κ3) is 4.36. The van der Waals surface area contributed by atoms with Crippen LogP contribution in [-0.2, 0) is 18.4 Å². The average molecular weight is 413 g/mol. The minimum Gasteiger partial charge on any atom is -0.326 e. The molecule has 1 fully saturated rings. The Balaban J connectivity index is 1.41. The Morgan fingerprint density at radius 3 is 2.93 bits per heavy atom. The first kappa shape index (κ1) is 19.7. The number of anilines is 1. The van der Waals surface area contributed by atoms with E-state index in [1.165, 1.54) is 0 Å². The number of carbonyl (C=O) groups is 1. The maximum absolute atomic E-state index is 12.9. The fraction of sp³-hybridized carbons (Fsp3) is 0.381. The molecule has 3 aromatic rings. The van der Waals surface area contributed by atoms with E-state index in [1.54, 1.807) is 15.6 Å². The molecule has 0 saturated carbocycles. The lowest BCUT2D eigenvalue weighted by atomic mass is 9.96. The van der Waals surface area contributed by atoms with E-state index in [-0.39, 0.29) is 11.8 Å². The summed E-state index contributed by atoms with van der Waals surface area (Å²) in [4.78, 5) is 15.2. The Labute approximate surface area is 175 Å². The molecule has 4 rings (SSSR count). The minimum absolute atomic E-state index is 0.0483. The van der Waals surface area contributed by atoms with Crippen molar-refractivity contribution in [2.24, 2.45) is 13.0 Å². The van der Waals surface area contributed by atoms with Crippen molar-refractivity contribution in [3.63, 3.8) is 0 Å². The number of carbonyl (C=O) groups excluding carboxylic acids is 1. The third-order valence-electron chi connectivity index (χ3n) is 5.41. The van der Waals surface area contributed by atoms with Gasteiger partial charge in [0.05, 0.1) is 17.3 Å². The molecule has 29 heavy (non-hydrogen) atoms. The predicted octanol–water partition coefficient (Wildman–Crippen LogP) is 3.42. The number of rotatable bonds is 5. The van der Waals surface area contributed by atoms with Gasteiger partial charge >= 0.3 is 0 Å². The zero-order valence-corrected chi connectivity index (χ0v) is 17.4. The number of nitrogens with one attached hydrogen (secondary N) is 1. The van der Waals surface area contributed by atoms with Crippen molar-refractivity contribution in [1.29, 1.82) is 0 Å². The summed E-state index contributed by atoms with van der Waals surface area (Å²) in [5.74, 6) is 0.00850. The van der Waals surface area contributed by atoms with Crippen LogP contribution in [0.25, 0.3) is 5.69 Å². The SMILES string of the molecule is Cc1nn(C)c(Cl)c1CN1CCC[C@@H](C(=O)Nc2cccc(-n3cccn3)c2)C1. The number of aromatic nitrogens is 4. The molecule has 3 heterocycles. The number of halogens is 1. The summed E-state index contributed by atoms with van der Waals surface area (Å²) < 4.78 is 3.48. The van der Waals surface area contributed by atoms with Crippen LogP contribution in [-0.4, -0.2) is 43.5 Å². The van der Waals surface area contributed by atoms with E-state index in [4.69, 9.17) is 11.6 Å². The Hall–Kier alpha value is -2.64. The smallest absolute Gasteiger partial charge is 0.228 e. The Morgan fingerprint density at radius 1 is 1.34 bits per heavy atom. The second kappa shape index (κ2) is 8.39. The van der Waals surface area contributed by atoms with Gasteiger partial charge in [-0.1, -0.05) is 17.7 Å². The summed E-state index contributed by atoms with van der Waals surface area (Å²) in [7, 11) is 1.85. The maximum atomic E-state index is 12.9. The molecule has 1 saturated heterocycles. The minimum atomic E-state index is -0.0483. The molecule has 1 atom stereocenters. The first-order valence-electron chi connectivity index (χ1n) is 9.82. The molecule has 0 radical (unpaired) electrons. The van der Waals surface area contributed by atoms with Gasteiger partial charge in [-0.15, -0.1) is 0 Å². The van der Waals surface area contributed by atoms with Crippen molar-refractivity contribution in [1.82, 2.24) is 24.5 Å². The largest absolute Gasteiger partial charge is 0.326 e. The first-order chi connectivity index (χ1) is 14.0. The van der Waals surface area contributed by atoms with E-state index >= 15 is 0 Å². The van der Waals surface area contributed by atoms with Crippen molar-refractivity contribution in [3.05, 3.63) is 59.1 Å². The fourth-order valence-electron chi connectivity index (χ4n) is 3.88. The van der Waals surface area contributed by atoms with Gasteiger partial charge in [0.25, 0.3) is 0 Å². The lowest BCUT2D eigenvalue weighted by molar-refractivity contribution is -0.121. The van der Waals surface area contributed by atoms with E-state index in [0.29, 0.717) is 5.15 Å². The van der Waals surface area contributed by atoms with Crippen LogP contribution in [0, 0.1) is 12.8 Å². The Morgan fingerprint density at radius 2 is 2.21 bits per heavy atom. The average Bonchev–Trinajstić information content (AvgIpc) is 3.33. The highest BCUT2D eigenvalue weighted by atomic mass is 35.5.